The summed E-state index contributed by atoms with van der Waals surface area (Å²) >= 11 is 0. The number of carbonyl (C=O) groups excluding carboxylic acids is 2. The standard InChI is InChI=1S/C19H18FN3O4/c1-10-15(8-13(9-16(10)20)17(24)21-14-6-7-14)11-2-4-12(5-3-11)18(25)22-23-19(26)27/h2-5,8-9,14,23H,6-7H2,1H3,(H,21,24)(H,22,25)(H,26,27). The summed E-state index contributed by atoms with van der Waals surface area (Å²) in [6.07, 6.45) is 0.493. The van der Waals surface area contributed by atoms with Gasteiger partial charge in [0.2, 0.25) is 0 Å². The van der Waals surface area contributed by atoms with Gasteiger partial charge in [0, 0.05) is 17.2 Å². The van der Waals surface area contributed by atoms with Crippen molar-refractivity contribution in [1.82, 2.24) is 16.2 Å². The summed E-state index contributed by atoms with van der Waals surface area (Å²) in [6.45, 7) is 1.62. The summed E-state index contributed by atoms with van der Waals surface area (Å²) in [6, 6.07) is 9.21. The first-order valence-corrected chi connectivity index (χ1v) is 8.36. The number of amides is 3. The highest BCUT2D eigenvalue weighted by molar-refractivity contribution is 5.97. The van der Waals surface area contributed by atoms with Crippen molar-refractivity contribution >= 4 is 17.9 Å². The highest BCUT2D eigenvalue weighted by Gasteiger charge is 2.24. The first kappa shape index (κ1) is 18.4. The molecule has 8 heteroatoms. The quantitative estimate of drug-likeness (QED) is 0.620. The predicted molar refractivity (Wildman–Crippen MR) is 95.7 cm³/mol. The minimum absolute atomic E-state index is 0.169. The van der Waals surface area contributed by atoms with E-state index in [1.54, 1.807) is 30.5 Å². The Hall–Kier alpha value is -3.42. The Labute approximate surface area is 154 Å². The van der Waals surface area contributed by atoms with E-state index in [1.165, 1.54) is 18.2 Å². The van der Waals surface area contributed by atoms with Crippen LogP contribution in [0.4, 0.5) is 9.18 Å². The second kappa shape index (κ2) is 7.45. The zero-order valence-electron chi connectivity index (χ0n) is 14.5. The lowest BCUT2D eigenvalue weighted by Gasteiger charge is -2.12. The summed E-state index contributed by atoms with van der Waals surface area (Å²) < 4.78 is 14.3. The van der Waals surface area contributed by atoms with E-state index in [-0.39, 0.29) is 23.1 Å². The normalized spacial score (nSPS) is 13.0. The maximum Gasteiger partial charge on any atom is 0.423 e. The van der Waals surface area contributed by atoms with E-state index < -0.39 is 17.8 Å². The van der Waals surface area contributed by atoms with Crippen molar-refractivity contribution < 1.29 is 23.9 Å². The van der Waals surface area contributed by atoms with Crippen LogP contribution in [0.5, 0.6) is 0 Å². The summed E-state index contributed by atoms with van der Waals surface area (Å²) in [7, 11) is 0. The number of carbonyl (C=O) groups is 3. The summed E-state index contributed by atoms with van der Waals surface area (Å²) in [5.74, 6) is -1.42. The van der Waals surface area contributed by atoms with Gasteiger partial charge in [-0.2, -0.15) is 0 Å². The van der Waals surface area contributed by atoms with E-state index >= 15 is 0 Å². The van der Waals surface area contributed by atoms with Gasteiger partial charge in [-0.25, -0.2) is 14.6 Å². The van der Waals surface area contributed by atoms with Gasteiger partial charge in [0.25, 0.3) is 11.8 Å². The Morgan fingerprint density at radius 1 is 1.00 bits per heavy atom. The molecule has 2 aromatic rings. The van der Waals surface area contributed by atoms with Crippen LogP contribution in [0.2, 0.25) is 0 Å². The number of rotatable bonds is 4. The van der Waals surface area contributed by atoms with E-state index in [1.807, 2.05) is 5.43 Å². The van der Waals surface area contributed by atoms with E-state index in [0.29, 0.717) is 16.7 Å². The highest BCUT2D eigenvalue weighted by atomic mass is 19.1. The molecular weight excluding hydrogens is 353 g/mol. The first-order chi connectivity index (χ1) is 12.8. The maximum absolute atomic E-state index is 14.3. The van der Waals surface area contributed by atoms with Crippen LogP contribution in [0.1, 0.15) is 39.1 Å². The smallest absolute Gasteiger partial charge is 0.423 e. The SMILES string of the molecule is Cc1c(F)cc(C(=O)NC2CC2)cc1-c1ccc(C(=O)NNC(=O)O)cc1. The van der Waals surface area contributed by atoms with Crippen LogP contribution in [-0.2, 0) is 0 Å². The third-order valence-corrected chi connectivity index (χ3v) is 4.26. The van der Waals surface area contributed by atoms with Gasteiger partial charge in [-0.05, 0) is 60.7 Å². The van der Waals surface area contributed by atoms with Crippen LogP contribution in [0.15, 0.2) is 36.4 Å². The third-order valence-electron chi connectivity index (χ3n) is 4.26. The molecule has 27 heavy (non-hydrogen) atoms. The summed E-state index contributed by atoms with van der Waals surface area (Å²) in [5.41, 5.74) is 5.84. The largest absolute Gasteiger partial charge is 0.464 e. The minimum atomic E-state index is -1.38. The predicted octanol–water partition coefficient (Wildman–Crippen LogP) is 2.61. The molecule has 2 aromatic carbocycles. The Balaban J connectivity index is 1.84. The maximum atomic E-state index is 14.3. The van der Waals surface area contributed by atoms with Crippen LogP contribution >= 0.6 is 0 Å². The van der Waals surface area contributed by atoms with Crippen molar-refractivity contribution in [3.63, 3.8) is 0 Å². The molecule has 3 amide bonds. The molecule has 1 aliphatic carbocycles. The van der Waals surface area contributed by atoms with Gasteiger partial charge in [0.15, 0.2) is 0 Å². The molecule has 0 spiro atoms. The summed E-state index contributed by atoms with van der Waals surface area (Å²) in [5, 5.41) is 11.3. The molecule has 0 unspecified atom stereocenters. The number of hydrogen-bond acceptors (Lipinski definition) is 3. The van der Waals surface area contributed by atoms with Gasteiger partial charge in [-0.3, -0.25) is 15.0 Å². The zero-order chi connectivity index (χ0) is 19.6. The van der Waals surface area contributed by atoms with E-state index in [2.05, 4.69) is 5.32 Å². The minimum Gasteiger partial charge on any atom is -0.464 e. The molecule has 0 heterocycles. The molecule has 0 radical (unpaired) electrons. The van der Waals surface area contributed by atoms with Gasteiger partial charge in [-0.15, -0.1) is 0 Å². The van der Waals surface area contributed by atoms with Crippen molar-refractivity contribution in [2.24, 2.45) is 0 Å². The molecule has 0 aromatic heterocycles. The number of halogens is 1. The Kier molecular flexibility index (Phi) is 5.07. The van der Waals surface area contributed by atoms with Crippen molar-refractivity contribution in [2.75, 3.05) is 0 Å². The van der Waals surface area contributed by atoms with Crippen LogP contribution in [0, 0.1) is 12.7 Å². The fraction of sp³-hybridized carbons (Fsp3) is 0.211. The molecule has 0 saturated heterocycles. The lowest BCUT2D eigenvalue weighted by molar-refractivity contribution is 0.0925. The van der Waals surface area contributed by atoms with E-state index in [0.717, 1.165) is 12.8 Å². The van der Waals surface area contributed by atoms with Gasteiger partial charge < -0.3 is 10.4 Å². The van der Waals surface area contributed by atoms with Crippen LogP contribution in [-0.4, -0.2) is 29.1 Å². The molecule has 7 nitrogen and oxygen atoms in total. The lowest BCUT2D eigenvalue weighted by atomic mass is 9.96. The van der Waals surface area contributed by atoms with Crippen molar-refractivity contribution in [3.05, 3.63) is 58.9 Å². The van der Waals surface area contributed by atoms with Crippen LogP contribution < -0.4 is 16.2 Å². The average Bonchev–Trinajstić information content (AvgIpc) is 3.46. The number of hydrazine groups is 1. The molecule has 4 N–H and O–H groups in total. The van der Waals surface area contributed by atoms with Crippen molar-refractivity contribution in [3.8, 4) is 11.1 Å². The lowest BCUT2D eigenvalue weighted by Crippen LogP contribution is -2.40. The van der Waals surface area contributed by atoms with Crippen molar-refractivity contribution in [1.29, 1.82) is 0 Å². The Morgan fingerprint density at radius 3 is 2.26 bits per heavy atom. The van der Waals surface area contributed by atoms with Crippen LogP contribution in [0.25, 0.3) is 11.1 Å². The monoisotopic (exact) mass is 371 g/mol. The molecule has 0 aliphatic heterocycles. The van der Waals surface area contributed by atoms with Crippen molar-refractivity contribution in [2.45, 2.75) is 25.8 Å². The van der Waals surface area contributed by atoms with Gasteiger partial charge in [0.05, 0.1) is 0 Å². The van der Waals surface area contributed by atoms with Gasteiger partial charge in [-0.1, -0.05) is 12.1 Å². The van der Waals surface area contributed by atoms with Gasteiger partial charge in [0.1, 0.15) is 5.82 Å². The number of benzene rings is 2. The second-order valence-electron chi connectivity index (χ2n) is 6.34. The highest BCUT2D eigenvalue weighted by Crippen LogP contribution is 2.28. The van der Waals surface area contributed by atoms with Crippen LogP contribution in [0.3, 0.4) is 0 Å². The number of hydrogen-bond donors (Lipinski definition) is 4. The fourth-order valence-corrected chi connectivity index (χ4v) is 2.59. The van der Waals surface area contributed by atoms with E-state index in [4.69, 9.17) is 5.11 Å². The molecule has 1 saturated carbocycles. The topological polar surface area (TPSA) is 108 Å². The van der Waals surface area contributed by atoms with Gasteiger partial charge >= 0.3 is 6.09 Å². The van der Waals surface area contributed by atoms with E-state index in [9.17, 15) is 18.8 Å². The first-order valence-electron chi connectivity index (χ1n) is 8.36. The molecule has 3 rings (SSSR count). The zero-order valence-corrected chi connectivity index (χ0v) is 14.5. The molecular formula is C19H18FN3O4. The molecule has 1 aliphatic rings. The summed E-state index contributed by atoms with van der Waals surface area (Å²) in [4.78, 5) is 34.5. The average molecular weight is 371 g/mol. The molecule has 1 fully saturated rings. The number of carboxylic acid groups (broad SMARTS) is 1. The Morgan fingerprint density at radius 2 is 1.67 bits per heavy atom. The Bertz CT molecular complexity index is 908. The molecule has 0 atom stereocenters. The molecule has 140 valence electrons. The second-order valence-corrected chi connectivity index (χ2v) is 6.34. The third kappa shape index (κ3) is 4.41. The fourth-order valence-electron chi connectivity index (χ4n) is 2.59. The molecule has 0 bridgehead atoms. The number of nitrogens with one attached hydrogen (secondary N) is 3.